The van der Waals surface area contributed by atoms with Gasteiger partial charge in [-0.2, -0.15) is 0 Å². The molecule has 0 atom stereocenters. The van der Waals surface area contributed by atoms with Crippen LogP contribution in [-0.2, 0) is 18.1 Å². The van der Waals surface area contributed by atoms with E-state index >= 15 is 0 Å². The Balaban J connectivity index is 3.39. The van der Waals surface area contributed by atoms with E-state index in [9.17, 15) is 4.79 Å². The van der Waals surface area contributed by atoms with Gasteiger partial charge in [0.05, 0.1) is 26.4 Å². The van der Waals surface area contributed by atoms with Gasteiger partial charge in [-0.3, -0.25) is 9.69 Å². The summed E-state index contributed by atoms with van der Waals surface area (Å²) in [6.07, 6.45) is 0. The van der Waals surface area contributed by atoms with Crippen LogP contribution in [-0.4, -0.2) is 106 Å². The van der Waals surface area contributed by atoms with Gasteiger partial charge in [-0.25, -0.2) is 0 Å². The zero-order valence-electron chi connectivity index (χ0n) is 28.7. The lowest BCUT2D eigenvalue weighted by Crippen LogP contribution is -2.64. The highest BCUT2D eigenvalue weighted by Gasteiger charge is 2.46. The van der Waals surface area contributed by atoms with Crippen LogP contribution in [0.15, 0.2) is 0 Å². The van der Waals surface area contributed by atoms with E-state index < -0.39 is 30.5 Å². The van der Waals surface area contributed by atoms with Gasteiger partial charge < -0.3 is 23.5 Å². The fourth-order valence-corrected chi connectivity index (χ4v) is 6.59. The molecule has 0 radical (unpaired) electrons. The van der Waals surface area contributed by atoms with Crippen molar-refractivity contribution in [2.75, 3.05) is 59.6 Å². The Morgan fingerprint density at radius 2 is 0.949 bits per heavy atom. The van der Waals surface area contributed by atoms with Crippen molar-refractivity contribution < 1.29 is 18.1 Å². The summed E-state index contributed by atoms with van der Waals surface area (Å²) >= 11 is 0. The lowest BCUT2D eigenvalue weighted by Gasteiger charge is -2.46. The van der Waals surface area contributed by atoms with E-state index in [2.05, 4.69) is 124 Å². The van der Waals surface area contributed by atoms with E-state index in [0.29, 0.717) is 26.4 Å². The Labute approximate surface area is 245 Å². The van der Waals surface area contributed by atoms with Gasteiger partial charge in [0.25, 0.3) is 0 Å². The van der Waals surface area contributed by atoms with Crippen LogP contribution >= 0.6 is 0 Å². The monoisotopic (exact) mass is 603 g/mol. The number of hydrogen-bond donors (Lipinski definition) is 1. The molecule has 0 aliphatic carbocycles. The predicted molar refractivity (Wildman–Crippen MR) is 174 cm³/mol. The van der Waals surface area contributed by atoms with Crippen LogP contribution in [0.4, 0.5) is 0 Å². The van der Waals surface area contributed by atoms with Crippen LogP contribution in [0.1, 0.15) is 62.3 Å². The summed E-state index contributed by atoms with van der Waals surface area (Å²) in [5, 5.41) is 3.63. The number of piperazine rings is 1. The van der Waals surface area contributed by atoms with Gasteiger partial charge in [-0.05, 0) is 61.4 Å². The summed E-state index contributed by atoms with van der Waals surface area (Å²) in [6.45, 7) is 39.2. The average molecular weight is 604 g/mol. The third-order valence-electron chi connectivity index (χ3n) is 9.91. The normalized spacial score (nSPS) is 17.9. The molecule has 0 unspecified atom stereocenters. The second-order valence-electron chi connectivity index (χ2n) is 16.6. The predicted octanol–water partition coefficient (Wildman–Crippen LogP) is 6.15. The minimum Gasteiger partial charge on any atom is -0.414 e. The van der Waals surface area contributed by atoms with E-state index in [-0.39, 0.29) is 21.0 Å². The Hall–Kier alpha value is -0.0794. The lowest BCUT2D eigenvalue weighted by atomic mass is 10.0. The minimum atomic E-state index is -2.09. The molecular weight excluding hydrogens is 539 g/mol. The van der Waals surface area contributed by atoms with E-state index in [1.54, 1.807) is 0 Å². The maximum absolute atomic E-state index is 13.7. The van der Waals surface area contributed by atoms with E-state index in [0.717, 1.165) is 26.2 Å². The van der Waals surface area contributed by atoms with Crippen molar-refractivity contribution in [3.05, 3.63) is 0 Å². The SMILES string of the molecule is CN1CCN(CC(=O)NC(CO[Si](C)(C)C(C)(C)C)(CO[Si](C)(C)C(C)(C)C)CO[Si](C)(C)C(C)(C)C)CC1. The molecule has 232 valence electrons. The van der Waals surface area contributed by atoms with Crippen molar-refractivity contribution >= 4 is 30.9 Å². The molecule has 0 bridgehead atoms. The van der Waals surface area contributed by atoms with Crippen molar-refractivity contribution in [1.82, 2.24) is 15.1 Å². The molecular formula is C29H65N3O4Si3. The summed E-state index contributed by atoms with van der Waals surface area (Å²) in [6, 6.07) is 0. The van der Waals surface area contributed by atoms with Crippen LogP contribution in [0.3, 0.4) is 0 Å². The number of carbonyl (C=O) groups excluding carboxylic acids is 1. The number of rotatable bonds is 12. The molecule has 1 rings (SSSR count). The van der Waals surface area contributed by atoms with Crippen LogP contribution in [0.5, 0.6) is 0 Å². The van der Waals surface area contributed by atoms with Crippen molar-refractivity contribution in [2.24, 2.45) is 0 Å². The largest absolute Gasteiger partial charge is 0.414 e. The Kier molecular flexibility index (Phi) is 12.4. The van der Waals surface area contributed by atoms with Gasteiger partial charge in [-0.15, -0.1) is 0 Å². The minimum absolute atomic E-state index is 0.0241. The van der Waals surface area contributed by atoms with Gasteiger partial charge in [0, 0.05) is 26.2 Å². The zero-order valence-corrected chi connectivity index (χ0v) is 31.7. The second-order valence-corrected chi connectivity index (χ2v) is 31.0. The molecule has 1 amide bonds. The van der Waals surface area contributed by atoms with Crippen molar-refractivity contribution in [2.45, 2.75) is 122 Å². The third kappa shape index (κ3) is 10.9. The summed E-state index contributed by atoms with van der Waals surface area (Å²) < 4.78 is 20.5. The molecule has 1 saturated heterocycles. The van der Waals surface area contributed by atoms with Crippen molar-refractivity contribution in [3.8, 4) is 0 Å². The smallest absolute Gasteiger partial charge is 0.234 e. The van der Waals surface area contributed by atoms with Gasteiger partial charge in [0.15, 0.2) is 25.0 Å². The Bertz CT molecular complexity index is 717. The number of nitrogens with zero attached hydrogens (tertiary/aromatic N) is 2. The molecule has 1 N–H and O–H groups in total. The number of likely N-dealkylation sites (N-methyl/N-ethyl adjacent to an activating group) is 1. The standard InChI is InChI=1S/C29H65N3O4Si3/c1-26(2,3)37(11,12)34-22-29(23-35-38(13,14)27(4,5)6,24-36-39(15,16)28(7,8)9)30-25(33)21-32-19-17-31(10)18-20-32/h17-24H2,1-16H3,(H,30,33). The van der Waals surface area contributed by atoms with Gasteiger partial charge in [-0.1, -0.05) is 62.3 Å². The highest BCUT2D eigenvalue weighted by Crippen LogP contribution is 2.40. The molecule has 0 aromatic rings. The molecule has 0 aromatic carbocycles. The quantitative estimate of drug-likeness (QED) is 0.270. The molecule has 7 nitrogen and oxygen atoms in total. The lowest BCUT2D eigenvalue weighted by molar-refractivity contribution is -0.126. The first-order valence-electron chi connectivity index (χ1n) is 14.9. The fraction of sp³-hybridized carbons (Fsp3) is 0.966. The molecule has 1 aliphatic heterocycles. The number of amides is 1. The maximum atomic E-state index is 13.7. The van der Waals surface area contributed by atoms with Gasteiger partial charge >= 0.3 is 0 Å². The Morgan fingerprint density at radius 3 is 1.23 bits per heavy atom. The molecule has 0 aromatic heterocycles. The first kappa shape index (κ1) is 36.9. The van der Waals surface area contributed by atoms with Crippen LogP contribution in [0.25, 0.3) is 0 Å². The topological polar surface area (TPSA) is 63.3 Å². The maximum Gasteiger partial charge on any atom is 0.234 e. The van der Waals surface area contributed by atoms with Crippen LogP contribution < -0.4 is 5.32 Å². The number of hydrogen-bond acceptors (Lipinski definition) is 6. The fourth-order valence-electron chi connectivity index (χ4n) is 3.38. The van der Waals surface area contributed by atoms with Gasteiger partial charge in [0.2, 0.25) is 5.91 Å². The molecule has 1 heterocycles. The van der Waals surface area contributed by atoms with Gasteiger partial charge in [0.1, 0.15) is 5.54 Å². The average Bonchev–Trinajstić information content (AvgIpc) is 2.74. The number of nitrogens with one attached hydrogen (secondary N) is 1. The number of carbonyl (C=O) groups is 1. The van der Waals surface area contributed by atoms with E-state index in [4.69, 9.17) is 13.3 Å². The molecule has 39 heavy (non-hydrogen) atoms. The summed E-state index contributed by atoms with van der Waals surface area (Å²) in [7, 11) is -4.15. The van der Waals surface area contributed by atoms with Crippen LogP contribution in [0.2, 0.25) is 54.4 Å². The highest BCUT2D eigenvalue weighted by atomic mass is 28.4. The molecule has 1 fully saturated rings. The molecule has 0 saturated carbocycles. The first-order chi connectivity index (χ1) is 17.2. The van der Waals surface area contributed by atoms with E-state index in [1.165, 1.54) is 0 Å². The summed E-state index contributed by atoms with van der Waals surface area (Å²) in [4.78, 5) is 18.2. The summed E-state index contributed by atoms with van der Waals surface area (Å²) in [5.74, 6) is 0.0241. The zero-order chi connectivity index (χ0) is 30.7. The van der Waals surface area contributed by atoms with Crippen LogP contribution in [0, 0.1) is 0 Å². The van der Waals surface area contributed by atoms with E-state index in [1.807, 2.05) is 0 Å². The van der Waals surface area contributed by atoms with Crippen molar-refractivity contribution in [1.29, 1.82) is 0 Å². The Morgan fingerprint density at radius 1 is 0.641 bits per heavy atom. The third-order valence-corrected chi connectivity index (χ3v) is 23.3. The van der Waals surface area contributed by atoms with Crippen molar-refractivity contribution in [3.63, 3.8) is 0 Å². The highest BCUT2D eigenvalue weighted by molar-refractivity contribution is 6.75. The summed E-state index contributed by atoms with van der Waals surface area (Å²) in [5.41, 5.74) is -0.760. The molecule has 0 spiro atoms. The molecule has 10 heteroatoms. The second kappa shape index (κ2) is 13.1. The molecule has 1 aliphatic rings. The first-order valence-corrected chi connectivity index (χ1v) is 23.6.